The highest BCUT2D eigenvalue weighted by atomic mass is 15.3. The Labute approximate surface area is 151 Å². The highest BCUT2D eigenvalue weighted by molar-refractivity contribution is 5.81. The van der Waals surface area contributed by atoms with Crippen molar-refractivity contribution < 1.29 is 2.85 Å². The van der Waals surface area contributed by atoms with Crippen molar-refractivity contribution in [3.63, 3.8) is 0 Å². The van der Waals surface area contributed by atoms with E-state index in [0.29, 0.717) is 23.9 Å². The van der Waals surface area contributed by atoms with Crippen LogP contribution >= 0.6 is 0 Å². The van der Waals surface area contributed by atoms with Crippen molar-refractivity contribution in [2.24, 2.45) is 0 Å². The molecule has 0 fully saturated rings. The number of imidazole rings is 1. The molecule has 0 saturated carbocycles. The van der Waals surface area contributed by atoms with E-state index in [1.807, 2.05) is 23.6 Å². The minimum atomic E-state index is 0. The zero-order valence-electron chi connectivity index (χ0n) is 14.2. The molecule has 26 heavy (non-hydrogen) atoms. The number of aryl methyl sites for hydroxylation is 1. The van der Waals surface area contributed by atoms with E-state index in [4.69, 9.17) is 10.7 Å². The first-order chi connectivity index (χ1) is 12.7. The number of benzene rings is 1. The fourth-order valence-electron chi connectivity index (χ4n) is 3.21. The summed E-state index contributed by atoms with van der Waals surface area (Å²) in [6, 6.07) is 6.06. The number of fused-ring (bicyclic) bond motifs is 2. The van der Waals surface area contributed by atoms with Gasteiger partial charge in [-0.15, -0.1) is 10.2 Å². The first kappa shape index (κ1) is 14.8. The molecule has 0 radical (unpaired) electrons. The molecule has 0 amide bonds. The molecule has 0 spiro atoms. The van der Waals surface area contributed by atoms with Crippen LogP contribution in [0.1, 0.15) is 14.2 Å². The Bertz CT molecular complexity index is 1120. The molecule has 9 nitrogen and oxygen atoms in total. The van der Waals surface area contributed by atoms with E-state index in [0.717, 1.165) is 41.3 Å². The van der Waals surface area contributed by atoms with Crippen molar-refractivity contribution >= 4 is 22.7 Å². The van der Waals surface area contributed by atoms with Gasteiger partial charge in [-0.05, 0) is 24.6 Å². The summed E-state index contributed by atoms with van der Waals surface area (Å²) in [5, 5.41) is 8.11. The summed E-state index contributed by atoms with van der Waals surface area (Å²) in [7, 11) is 0. The Hall–Kier alpha value is -3.49. The van der Waals surface area contributed by atoms with Gasteiger partial charge in [0.1, 0.15) is 12.1 Å². The molecule has 0 atom stereocenters. The molecule has 3 N–H and O–H groups in total. The molecule has 3 aromatic heterocycles. The standard InChI is InChI=1S/C17H17N9.2H2/c1-10-2-3-11-12(6-10)22-17(21-11)15-16(18)19-7-13(23-15)25-4-5-26-9-20-24-14(26)8-25;;/h2-3,6-7,9H,4-5,8H2,1H3,(H2,18,19)(H,21,22);2*1H. The fourth-order valence-corrected chi connectivity index (χ4v) is 3.21. The number of aromatic amines is 1. The number of nitrogen functional groups attached to an aromatic ring is 1. The second-order valence-corrected chi connectivity index (χ2v) is 6.43. The molecule has 5 rings (SSSR count). The Morgan fingerprint density at radius 3 is 3.08 bits per heavy atom. The Balaban J connectivity index is 0.00000112. The average Bonchev–Trinajstić information content (AvgIpc) is 3.27. The van der Waals surface area contributed by atoms with Crippen molar-refractivity contribution in [2.45, 2.75) is 20.0 Å². The highest BCUT2D eigenvalue weighted by Crippen LogP contribution is 2.26. The smallest absolute Gasteiger partial charge is 0.161 e. The van der Waals surface area contributed by atoms with Crippen LogP contribution in [0.2, 0.25) is 0 Å². The molecule has 134 valence electrons. The summed E-state index contributed by atoms with van der Waals surface area (Å²) in [6.45, 7) is 4.30. The van der Waals surface area contributed by atoms with E-state index in [1.54, 1.807) is 12.5 Å². The SMILES string of the molecule is Cc1ccc2nc(-c3nc(N4CCn5cnnc5C4)cnc3N)[nH]c2c1.[HH].[HH]. The molecule has 1 aliphatic rings. The lowest BCUT2D eigenvalue weighted by Gasteiger charge is -2.27. The number of hydrogen-bond acceptors (Lipinski definition) is 7. The van der Waals surface area contributed by atoms with Crippen molar-refractivity contribution in [1.29, 1.82) is 0 Å². The Morgan fingerprint density at radius 1 is 1.23 bits per heavy atom. The summed E-state index contributed by atoms with van der Waals surface area (Å²) in [4.78, 5) is 19.1. The number of rotatable bonds is 2. The monoisotopic (exact) mass is 351 g/mol. The highest BCUT2D eigenvalue weighted by Gasteiger charge is 2.21. The lowest BCUT2D eigenvalue weighted by Crippen LogP contribution is -2.34. The second kappa shape index (κ2) is 5.51. The van der Waals surface area contributed by atoms with Gasteiger partial charge in [-0.25, -0.2) is 15.0 Å². The van der Waals surface area contributed by atoms with Crippen LogP contribution in [-0.4, -0.2) is 41.2 Å². The van der Waals surface area contributed by atoms with Crippen LogP contribution in [0.4, 0.5) is 11.6 Å². The predicted octanol–water partition coefficient (Wildman–Crippen LogP) is 2.01. The maximum absolute atomic E-state index is 6.08. The topological polar surface area (TPSA) is 114 Å². The Kier molecular flexibility index (Phi) is 3.14. The summed E-state index contributed by atoms with van der Waals surface area (Å²) in [5.74, 6) is 2.64. The summed E-state index contributed by atoms with van der Waals surface area (Å²) in [6.07, 6.45) is 3.45. The van der Waals surface area contributed by atoms with Gasteiger partial charge in [0.05, 0.1) is 23.8 Å². The normalized spacial score (nSPS) is 14.0. The number of nitrogens with zero attached hydrogens (tertiary/aromatic N) is 7. The Morgan fingerprint density at radius 2 is 2.15 bits per heavy atom. The van der Waals surface area contributed by atoms with Gasteiger partial charge >= 0.3 is 0 Å². The third-order valence-electron chi connectivity index (χ3n) is 4.61. The lowest BCUT2D eigenvalue weighted by molar-refractivity contribution is 0.556. The van der Waals surface area contributed by atoms with Gasteiger partial charge in [0.2, 0.25) is 0 Å². The van der Waals surface area contributed by atoms with Crippen molar-refractivity contribution in [3.05, 3.63) is 42.1 Å². The largest absolute Gasteiger partial charge is 0.382 e. The minimum absolute atomic E-state index is 0. The van der Waals surface area contributed by atoms with Gasteiger partial charge in [-0.3, -0.25) is 0 Å². The number of aromatic nitrogens is 7. The first-order valence-electron chi connectivity index (χ1n) is 8.38. The summed E-state index contributed by atoms with van der Waals surface area (Å²) < 4.78 is 2.05. The third kappa shape index (κ3) is 2.36. The summed E-state index contributed by atoms with van der Waals surface area (Å²) >= 11 is 0. The summed E-state index contributed by atoms with van der Waals surface area (Å²) in [5.41, 5.74) is 9.64. The van der Waals surface area contributed by atoms with E-state index in [1.165, 1.54) is 0 Å². The van der Waals surface area contributed by atoms with E-state index >= 15 is 0 Å². The lowest BCUT2D eigenvalue weighted by atomic mass is 10.2. The number of H-pyrrole nitrogens is 1. The number of hydrogen-bond donors (Lipinski definition) is 2. The van der Waals surface area contributed by atoms with Gasteiger partial charge in [-0.1, -0.05) is 6.07 Å². The van der Waals surface area contributed by atoms with Gasteiger partial charge in [0.25, 0.3) is 0 Å². The van der Waals surface area contributed by atoms with E-state index in [9.17, 15) is 0 Å². The minimum Gasteiger partial charge on any atom is -0.382 e. The quantitative estimate of drug-likeness (QED) is 0.568. The molecule has 4 aromatic rings. The van der Waals surface area contributed by atoms with Crippen LogP contribution in [0.15, 0.2) is 30.7 Å². The van der Waals surface area contributed by atoms with Crippen LogP contribution in [0, 0.1) is 6.92 Å². The maximum Gasteiger partial charge on any atom is 0.161 e. The van der Waals surface area contributed by atoms with Crippen molar-refractivity contribution in [3.8, 4) is 11.5 Å². The van der Waals surface area contributed by atoms with Crippen LogP contribution in [0.3, 0.4) is 0 Å². The van der Waals surface area contributed by atoms with E-state index in [2.05, 4.69) is 36.1 Å². The number of anilines is 2. The molecule has 0 unspecified atom stereocenters. The first-order valence-corrected chi connectivity index (χ1v) is 8.38. The van der Waals surface area contributed by atoms with Crippen molar-refractivity contribution in [2.75, 3.05) is 17.2 Å². The predicted molar refractivity (Wildman–Crippen MR) is 102 cm³/mol. The second-order valence-electron chi connectivity index (χ2n) is 6.43. The molecule has 4 heterocycles. The maximum atomic E-state index is 6.08. The van der Waals surface area contributed by atoms with Gasteiger partial charge in [0.15, 0.2) is 23.2 Å². The fraction of sp³-hybridized carbons (Fsp3) is 0.235. The number of nitrogens with one attached hydrogen (secondary N) is 1. The van der Waals surface area contributed by atoms with Crippen LogP contribution in [0.5, 0.6) is 0 Å². The molecule has 0 aliphatic carbocycles. The molecule has 0 saturated heterocycles. The molecular weight excluding hydrogens is 330 g/mol. The number of nitrogens with two attached hydrogens (primary N) is 1. The molecule has 0 bridgehead atoms. The van der Waals surface area contributed by atoms with Crippen LogP contribution in [0.25, 0.3) is 22.6 Å². The zero-order valence-corrected chi connectivity index (χ0v) is 14.2. The van der Waals surface area contributed by atoms with Crippen LogP contribution < -0.4 is 10.6 Å². The van der Waals surface area contributed by atoms with Crippen molar-refractivity contribution in [1.82, 2.24) is 34.7 Å². The zero-order chi connectivity index (χ0) is 17.7. The molecule has 9 heteroatoms. The van der Waals surface area contributed by atoms with E-state index < -0.39 is 0 Å². The molecular formula is C17H21N9. The van der Waals surface area contributed by atoms with Gasteiger partial charge in [0, 0.05) is 15.9 Å². The van der Waals surface area contributed by atoms with Gasteiger partial charge in [-0.2, -0.15) is 0 Å². The average molecular weight is 351 g/mol. The molecule has 1 aliphatic heterocycles. The molecule has 1 aromatic carbocycles. The van der Waals surface area contributed by atoms with Gasteiger partial charge < -0.3 is 20.2 Å². The van der Waals surface area contributed by atoms with Crippen LogP contribution in [-0.2, 0) is 13.1 Å². The third-order valence-corrected chi connectivity index (χ3v) is 4.61. The van der Waals surface area contributed by atoms with E-state index in [-0.39, 0.29) is 2.85 Å².